The second kappa shape index (κ2) is 9.68. The lowest BCUT2D eigenvalue weighted by Gasteiger charge is -2.17. The van der Waals surface area contributed by atoms with Crippen LogP contribution in [0.25, 0.3) is 0 Å². The zero-order valence-electron chi connectivity index (χ0n) is 14.1. The SMILES string of the molecule is CCCNC(=O)NC(=O)CN(C)Cc1ccc(OC)c(OC)c1. The summed E-state index contributed by atoms with van der Waals surface area (Å²) in [6, 6.07) is 5.13. The standard InChI is InChI=1S/C16H25N3O4/c1-5-8-17-16(21)18-15(20)11-19(2)10-12-6-7-13(22-3)14(9-12)23-4/h6-7,9H,5,8,10-11H2,1-4H3,(H2,17,18,20,21). The van der Waals surface area contributed by atoms with Crippen LogP contribution in [-0.2, 0) is 11.3 Å². The number of benzene rings is 1. The number of carbonyl (C=O) groups is 2. The van der Waals surface area contributed by atoms with E-state index in [9.17, 15) is 9.59 Å². The van der Waals surface area contributed by atoms with Gasteiger partial charge in [-0.1, -0.05) is 13.0 Å². The van der Waals surface area contributed by atoms with E-state index in [1.54, 1.807) is 21.3 Å². The van der Waals surface area contributed by atoms with Crippen molar-refractivity contribution in [2.24, 2.45) is 0 Å². The number of nitrogens with one attached hydrogen (secondary N) is 2. The van der Waals surface area contributed by atoms with Crippen molar-refractivity contribution in [2.45, 2.75) is 19.9 Å². The second-order valence-electron chi connectivity index (χ2n) is 5.17. The van der Waals surface area contributed by atoms with Crippen LogP contribution in [0.15, 0.2) is 18.2 Å². The van der Waals surface area contributed by atoms with Gasteiger partial charge in [0.2, 0.25) is 5.91 Å². The van der Waals surface area contributed by atoms with E-state index in [2.05, 4.69) is 10.6 Å². The lowest BCUT2D eigenvalue weighted by molar-refractivity contribution is -0.120. The first-order chi connectivity index (χ1) is 11.0. The summed E-state index contributed by atoms with van der Waals surface area (Å²) < 4.78 is 10.4. The van der Waals surface area contributed by atoms with E-state index < -0.39 is 6.03 Å². The van der Waals surface area contributed by atoms with Crippen molar-refractivity contribution in [3.63, 3.8) is 0 Å². The molecule has 0 fully saturated rings. The van der Waals surface area contributed by atoms with Gasteiger partial charge in [0.25, 0.3) is 0 Å². The molecule has 0 aliphatic rings. The van der Waals surface area contributed by atoms with Crippen LogP contribution in [0.1, 0.15) is 18.9 Å². The monoisotopic (exact) mass is 323 g/mol. The van der Waals surface area contributed by atoms with E-state index in [-0.39, 0.29) is 12.5 Å². The summed E-state index contributed by atoms with van der Waals surface area (Å²) in [6.45, 7) is 3.15. The van der Waals surface area contributed by atoms with Gasteiger partial charge in [0, 0.05) is 13.1 Å². The molecule has 1 aromatic rings. The predicted octanol–water partition coefficient (Wildman–Crippen LogP) is 1.37. The molecular formula is C16H25N3O4. The van der Waals surface area contributed by atoms with Gasteiger partial charge in [-0.15, -0.1) is 0 Å². The van der Waals surface area contributed by atoms with Gasteiger partial charge in [0.15, 0.2) is 11.5 Å². The fourth-order valence-electron chi connectivity index (χ4n) is 2.04. The minimum Gasteiger partial charge on any atom is -0.493 e. The number of nitrogens with zero attached hydrogens (tertiary/aromatic N) is 1. The smallest absolute Gasteiger partial charge is 0.321 e. The molecule has 0 saturated heterocycles. The normalized spacial score (nSPS) is 10.3. The van der Waals surface area contributed by atoms with Crippen molar-refractivity contribution >= 4 is 11.9 Å². The maximum Gasteiger partial charge on any atom is 0.321 e. The molecule has 0 aromatic heterocycles. The fourth-order valence-corrected chi connectivity index (χ4v) is 2.04. The van der Waals surface area contributed by atoms with Crippen molar-refractivity contribution in [1.82, 2.24) is 15.5 Å². The highest BCUT2D eigenvalue weighted by atomic mass is 16.5. The number of carbonyl (C=O) groups excluding carboxylic acids is 2. The zero-order chi connectivity index (χ0) is 17.2. The number of imide groups is 1. The molecule has 0 unspecified atom stereocenters. The highest BCUT2D eigenvalue weighted by Gasteiger charge is 2.11. The third-order valence-electron chi connectivity index (χ3n) is 3.10. The Morgan fingerprint density at radius 1 is 1.17 bits per heavy atom. The van der Waals surface area contributed by atoms with E-state index in [1.807, 2.05) is 30.0 Å². The molecule has 23 heavy (non-hydrogen) atoms. The molecule has 0 aliphatic heterocycles. The summed E-state index contributed by atoms with van der Waals surface area (Å²) in [5.74, 6) is 0.951. The highest BCUT2D eigenvalue weighted by molar-refractivity contribution is 5.95. The van der Waals surface area contributed by atoms with Gasteiger partial charge in [-0.25, -0.2) is 4.79 Å². The molecule has 0 aliphatic carbocycles. The Hall–Kier alpha value is -2.28. The number of rotatable bonds is 8. The van der Waals surface area contributed by atoms with Crippen molar-refractivity contribution in [1.29, 1.82) is 0 Å². The molecule has 7 nitrogen and oxygen atoms in total. The van der Waals surface area contributed by atoms with Crippen LogP contribution in [0.5, 0.6) is 11.5 Å². The molecule has 0 spiro atoms. The Morgan fingerprint density at radius 2 is 1.87 bits per heavy atom. The van der Waals surface area contributed by atoms with Crippen LogP contribution >= 0.6 is 0 Å². The van der Waals surface area contributed by atoms with E-state index in [0.717, 1.165) is 12.0 Å². The van der Waals surface area contributed by atoms with Gasteiger partial charge in [0.05, 0.1) is 20.8 Å². The van der Waals surface area contributed by atoms with Gasteiger partial charge in [-0.3, -0.25) is 15.0 Å². The Morgan fingerprint density at radius 3 is 2.48 bits per heavy atom. The zero-order valence-corrected chi connectivity index (χ0v) is 14.1. The van der Waals surface area contributed by atoms with Gasteiger partial charge >= 0.3 is 6.03 Å². The van der Waals surface area contributed by atoms with E-state index in [4.69, 9.17) is 9.47 Å². The number of likely N-dealkylation sites (N-methyl/N-ethyl adjacent to an activating group) is 1. The second-order valence-corrected chi connectivity index (χ2v) is 5.17. The molecule has 0 heterocycles. The third kappa shape index (κ3) is 6.56. The number of hydrogen-bond acceptors (Lipinski definition) is 5. The summed E-state index contributed by atoms with van der Waals surface area (Å²) in [7, 11) is 4.96. The average molecular weight is 323 g/mol. The summed E-state index contributed by atoms with van der Waals surface area (Å²) in [4.78, 5) is 25.0. The number of hydrogen-bond donors (Lipinski definition) is 2. The number of ether oxygens (including phenoxy) is 2. The first-order valence-corrected chi connectivity index (χ1v) is 7.47. The molecule has 128 valence electrons. The van der Waals surface area contributed by atoms with Crippen LogP contribution in [0.2, 0.25) is 0 Å². The lowest BCUT2D eigenvalue weighted by Crippen LogP contribution is -2.43. The van der Waals surface area contributed by atoms with Crippen molar-refractivity contribution in [3.8, 4) is 11.5 Å². The van der Waals surface area contributed by atoms with Crippen molar-refractivity contribution in [2.75, 3.05) is 34.4 Å². The lowest BCUT2D eigenvalue weighted by atomic mass is 10.2. The average Bonchev–Trinajstić information content (AvgIpc) is 2.52. The van der Waals surface area contributed by atoms with Crippen LogP contribution in [0.3, 0.4) is 0 Å². The number of urea groups is 1. The van der Waals surface area contributed by atoms with Gasteiger partial charge in [-0.2, -0.15) is 0 Å². The van der Waals surface area contributed by atoms with Crippen molar-refractivity contribution in [3.05, 3.63) is 23.8 Å². The fraction of sp³-hybridized carbons (Fsp3) is 0.500. The van der Waals surface area contributed by atoms with Crippen LogP contribution in [-0.4, -0.2) is 51.2 Å². The van der Waals surface area contributed by atoms with E-state index >= 15 is 0 Å². The summed E-state index contributed by atoms with van der Waals surface area (Å²) >= 11 is 0. The minimum atomic E-state index is -0.462. The largest absolute Gasteiger partial charge is 0.493 e. The van der Waals surface area contributed by atoms with Crippen LogP contribution < -0.4 is 20.1 Å². The number of methoxy groups -OCH3 is 2. The molecule has 7 heteroatoms. The molecule has 1 aromatic carbocycles. The topological polar surface area (TPSA) is 79.9 Å². The molecule has 0 saturated carbocycles. The quantitative estimate of drug-likeness (QED) is 0.755. The molecular weight excluding hydrogens is 298 g/mol. The first-order valence-electron chi connectivity index (χ1n) is 7.47. The third-order valence-corrected chi connectivity index (χ3v) is 3.10. The van der Waals surface area contributed by atoms with Crippen LogP contribution in [0.4, 0.5) is 4.79 Å². The number of amides is 3. The summed E-state index contributed by atoms with van der Waals surface area (Å²) in [5, 5.41) is 4.89. The molecule has 0 radical (unpaired) electrons. The molecule has 3 amide bonds. The minimum absolute atomic E-state index is 0.119. The van der Waals surface area contributed by atoms with E-state index in [1.165, 1.54) is 0 Å². The maximum atomic E-state index is 11.8. The molecule has 2 N–H and O–H groups in total. The van der Waals surface area contributed by atoms with Gasteiger partial charge in [0.1, 0.15) is 0 Å². The Labute approximate surface area is 136 Å². The molecule has 0 bridgehead atoms. The Bertz CT molecular complexity index is 534. The Balaban J connectivity index is 2.51. The predicted molar refractivity (Wildman–Crippen MR) is 87.7 cm³/mol. The van der Waals surface area contributed by atoms with Crippen molar-refractivity contribution < 1.29 is 19.1 Å². The van der Waals surface area contributed by atoms with E-state index in [0.29, 0.717) is 24.6 Å². The summed E-state index contributed by atoms with van der Waals surface area (Å²) in [6.07, 6.45) is 0.820. The van der Waals surface area contributed by atoms with Crippen LogP contribution in [0, 0.1) is 0 Å². The van der Waals surface area contributed by atoms with Gasteiger partial charge in [-0.05, 0) is 31.2 Å². The maximum absolute atomic E-state index is 11.8. The summed E-state index contributed by atoms with van der Waals surface area (Å²) in [5.41, 5.74) is 0.980. The highest BCUT2D eigenvalue weighted by Crippen LogP contribution is 2.27. The molecule has 1 rings (SSSR count). The molecule has 0 atom stereocenters. The first kappa shape index (κ1) is 18.8. The van der Waals surface area contributed by atoms with Gasteiger partial charge < -0.3 is 14.8 Å². The Kier molecular flexibility index (Phi) is 7.90.